The molecule has 1 amide bonds. The van der Waals surface area contributed by atoms with E-state index in [1.54, 1.807) is 48.5 Å². The van der Waals surface area contributed by atoms with Crippen molar-refractivity contribution >= 4 is 44.4 Å². The Kier molecular flexibility index (Phi) is 5.81. The average Bonchev–Trinajstić information content (AvgIpc) is 3.24. The van der Waals surface area contributed by atoms with Gasteiger partial charge in [-0.3, -0.25) is 4.79 Å². The predicted octanol–water partition coefficient (Wildman–Crippen LogP) is 3.97. The lowest BCUT2D eigenvalue weighted by atomic mass is 10.1. The summed E-state index contributed by atoms with van der Waals surface area (Å²) in [6.45, 7) is 3.85. The Morgan fingerprint density at radius 1 is 0.935 bits per heavy atom. The fourth-order valence-electron chi connectivity index (χ4n) is 3.23. The van der Waals surface area contributed by atoms with E-state index in [1.165, 1.54) is 6.07 Å². The van der Waals surface area contributed by atoms with Crippen molar-refractivity contribution in [2.75, 3.05) is 5.32 Å². The van der Waals surface area contributed by atoms with Crippen LogP contribution in [0.2, 0.25) is 0 Å². The van der Waals surface area contributed by atoms with Crippen LogP contribution < -0.4 is 10.0 Å². The Morgan fingerprint density at radius 2 is 1.68 bits per heavy atom. The van der Waals surface area contributed by atoms with Crippen LogP contribution in [0.3, 0.4) is 0 Å². The molecule has 1 atom stereocenters. The van der Waals surface area contributed by atoms with E-state index < -0.39 is 22.0 Å². The first-order valence-corrected chi connectivity index (χ1v) is 11.7. The summed E-state index contributed by atoms with van der Waals surface area (Å²) >= 11 is 0.938. The first-order valence-electron chi connectivity index (χ1n) is 9.52. The largest absolute Gasteiger partial charge is 0.324 e. The van der Waals surface area contributed by atoms with Crippen LogP contribution in [-0.2, 0) is 14.8 Å². The van der Waals surface area contributed by atoms with E-state index in [1.807, 2.05) is 26.0 Å². The van der Waals surface area contributed by atoms with Gasteiger partial charge in [0.05, 0.1) is 11.7 Å². The number of amides is 1. The molecule has 0 aliphatic carbocycles. The molecule has 1 heterocycles. The number of hydrogen-bond acceptors (Lipinski definition) is 6. The molecule has 0 spiro atoms. The van der Waals surface area contributed by atoms with Crippen LogP contribution in [0.25, 0.3) is 11.0 Å². The normalized spacial score (nSPS) is 12.6. The highest BCUT2D eigenvalue weighted by atomic mass is 32.2. The molecular weight excluding hydrogens is 432 g/mol. The third-order valence-electron chi connectivity index (χ3n) is 5.07. The molecule has 0 bridgehead atoms. The SMILES string of the molecule is Cc1cccc(NC(=O)[C@H](NS(=O)(=O)c2cccc3nsnc23)c2ccccc2)c1C. The molecule has 158 valence electrons. The summed E-state index contributed by atoms with van der Waals surface area (Å²) in [4.78, 5) is 13.2. The zero-order chi connectivity index (χ0) is 22.0. The maximum absolute atomic E-state index is 13.3. The van der Waals surface area contributed by atoms with Crippen LogP contribution in [0.5, 0.6) is 0 Å². The fraction of sp³-hybridized carbons (Fsp3) is 0.136. The number of aryl methyl sites for hydroxylation is 1. The van der Waals surface area contributed by atoms with Gasteiger partial charge in [0.2, 0.25) is 15.9 Å². The fourth-order valence-corrected chi connectivity index (χ4v) is 5.18. The maximum Gasteiger partial charge on any atom is 0.247 e. The van der Waals surface area contributed by atoms with Crippen molar-refractivity contribution in [3.05, 3.63) is 83.4 Å². The maximum atomic E-state index is 13.3. The molecule has 2 N–H and O–H groups in total. The number of rotatable bonds is 6. The van der Waals surface area contributed by atoms with Gasteiger partial charge in [-0.25, -0.2) is 8.42 Å². The van der Waals surface area contributed by atoms with Crippen LogP contribution >= 0.6 is 11.7 Å². The van der Waals surface area contributed by atoms with E-state index in [0.717, 1.165) is 22.9 Å². The lowest BCUT2D eigenvalue weighted by Gasteiger charge is -2.20. The molecule has 0 saturated carbocycles. The summed E-state index contributed by atoms with van der Waals surface area (Å²) in [5, 5.41) is 2.86. The van der Waals surface area contributed by atoms with E-state index in [9.17, 15) is 13.2 Å². The zero-order valence-corrected chi connectivity index (χ0v) is 18.5. The predicted molar refractivity (Wildman–Crippen MR) is 121 cm³/mol. The Bertz CT molecular complexity index is 1350. The highest BCUT2D eigenvalue weighted by Crippen LogP contribution is 2.25. The third kappa shape index (κ3) is 4.34. The minimum atomic E-state index is -4.07. The van der Waals surface area contributed by atoms with Crippen LogP contribution in [0, 0.1) is 13.8 Å². The van der Waals surface area contributed by atoms with Crippen molar-refractivity contribution in [3.63, 3.8) is 0 Å². The van der Waals surface area contributed by atoms with Crippen LogP contribution in [0.15, 0.2) is 71.6 Å². The first-order chi connectivity index (χ1) is 14.9. The summed E-state index contributed by atoms with van der Waals surface area (Å²) in [5.74, 6) is -0.480. The smallest absolute Gasteiger partial charge is 0.247 e. The summed E-state index contributed by atoms with van der Waals surface area (Å²) in [7, 11) is -4.07. The molecule has 0 aliphatic rings. The molecule has 0 aliphatic heterocycles. The van der Waals surface area contributed by atoms with Gasteiger partial charge >= 0.3 is 0 Å². The second-order valence-corrected chi connectivity index (χ2v) is 9.30. The van der Waals surface area contributed by atoms with Crippen molar-refractivity contribution in [3.8, 4) is 0 Å². The van der Waals surface area contributed by atoms with Gasteiger partial charge in [-0.15, -0.1) is 0 Å². The van der Waals surface area contributed by atoms with Gasteiger partial charge in [0.1, 0.15) is 22.0 Å². The Labute approximate surface area is 184 Å². The molecule has 0 saturated heterocycles. The molecule has 4 rings (SSSR count). The monoisotopic (exact) mass is 452 g/mol. The molecule has 1 aromatic heterocycles. The molecule has 0 radical (unpaired) electrons. The first kappa shape index (κ1) is 21.1. The van der Waals surface area contributed by atoms with Crippen molar-refractivity contribution in [2.45, 2.75) is 24.8 Å². The minimum absolute atomic E-state index is 0.0146. The highest BCUT2D eigenvalue weighted by Gasteiger charge is 2.29. The molecule has 7 nitrogen and oxygen atoms in total. The van der Waals surface area contributed by atoms with Gasteiger partial charge in [0, 0.05) is 5.69 Å². The number of fused-ring (bicyclic) bond motifs is 1. The number of carbonyl (C=O) groups excluding carboxylic acids is 1. The molecule has 4 aromatic rings. The molecule has 3 aromatic carbocycles. The summed E-state index contributed by atoms with van der Waals surface area (Å²) in [5.41, 5.74) is 3.88. The third-order valence-corrected chi connectivity index (χ3v) is 7.07. The second-order valence-electron chi connectivity index (χ2n) is 7.09. The molecular formula is C22H20N4O3S2. The van der Waals surface area contributed by atoms with Gasteiger partial charge in [-0.1, -0.05) is 48.5 Å². The van der Waals surface area contributed by atoms with E-state index in [2.05, 4.69) is 18.8 Å². The summed E-state index contributed by atoms with van der Waals surface area (Å²) in [6.07, 6.45) is 0. The topological polar surface area (TPSA) is 101 Å². The highest BCUT2D eigenvalue weighted by molar-refractivity contribution is 7.89. The van der Waals surface area contributed by atoms with E-state index in [-0.39, 0.29) is 10.4 Å². The number of aromatic nitrogens is 2. The van der Waals surface area contributed by atoms with E-state index in [4.69, 9.17) is 0 Å². The van der Waals surface area contributed by atoms with Crippen molar-refractivity contribution in [1.29, 1.82) is 0 Å². The van der Waals surface area contributed by atoms with Gasteiger partial charge < -0.3 is 5.32 Å². The minimum Gasteiger partial charge on any atom is -0.324 e. The quantitative estimate of drug-likeness (QED) is 0.461. The Morgan fingerprint density at radius 3 is 2.45 bits per heavy atom. The average molecular weight is 453 g/mol. The van der Waals surface area contributed by atoms with Gasteiger partial charge in [0.15, 0.2) is 0 Å². The van der Waals surface area contributed by atoms with Crippen molar-refractivity contribution < 1.29 is 13.2 Å². The molecule has 31 heavy (non-hydrogen) atoms. The lowest BCUT2D eigenvalue weighted by Crippen LogP contribution is -2.37. The van der Waals surface area contributed by atoms with Crippen molar-refractivity contribution in [2.24, 2.45) is 0 Å². The zero-order valence-electron chi connectivity index (χ0n) is 16.9. The van der Waals surface area contributed by atoms with Crippen LogP contribution in [0.4, 0.5) is 5.69 Å². The number of benzene rings is 3. The Balaban J connectivity index is 1.71. The molecule has 0 unspecified atom stereocenters. The van der Waals surface area contributed by atoms with Gasteiger partial charge in [-0.05, 0) is 48.7 Å². The standard InChI is InChI=1S/C22H20N4O3S2/c1-14-8-6-11-17(15(14)2)23-22(27)20(16-9-4-3-5-10-16)26-31(28,29)19-13-7-12-18-21(19)25-30-24-18/h3-13,20,26H,1-2H3,(H,23,27)/t20-/m1/s1. The van der Waals surface area contributed by atoms with Crippen LogP contribution in [0.1, 0.15) is 22.7 Å². The van der Waals surface area contributed by atoms with Gasteiger partial charge in [0.25, 0.3) is 0 Å². The lowest BCUT2D eigenvalue weighted by molar-refractivity contribution is -0.117. The number of hydrogen-bond donors (Lipinski definition) is 2. The molecule has 9 heteroatoms. The number of nitrogens with zero attached hydrogens (tertiary/aromatic N) is 2. The number of sulfonamides is 1. The molecule has 0 fully saturated rings. The van der Waals surface area contributed by atoms with Gasteiger partial charge in [-0.2, -0.15) is 13.5 Å². The van der Waals surface area contributed by atoms with Crippen molar-refractivity contribution in [1.82, 2.24) is 13.5 Å². The number of nitrogens with one attached hydrogen (secondary N) is 2. The van der Waals surface area contributed by atoms with E-state index in [0.29, 0.717) is 16.8 Å². The Hall–Kier alpha value is -3.14. The number of anilines is 1. The van der Waals surface area contributed by atoms with Crippen LogP contribution in [-0.4, -0.2) is 23.1 Å². The second kappa shape index (κ2) is 8.54. The summed E-state index contributed by atoms with van der Waals surface area (Å²) in [6, 6.07) is 17.9. The number of carbonyl (C=O) groups is 1. The van der Waals surface area contributed by atoms with E-state index >= 15 is 0 Å². The summed E-state index contributed by atoms with van der Waals surface area (Å²) < 4.78 is 37.3.